The van der Waals surface area contributed by atoms with Gasteiger partial charge in [-0.2, -0.15) is 0 Å². The normalized spacial score (nSPS) is 28.3. The van der Waals surface area contributed by atoms with E-state index in [0.29, 0.717) is 6.61 Å². The van der Waals surface area contributed by atoms with Crippen LogP contribution >= 0.6 is 0 Å². The second-order valence-electron chi connectivity index (χ2n) is 6.46. The molecule has 24 heavy (non-hydrogen) atoms. The van der Waals surface area contributed by atoms with E-state index in [0.717, 1.165) is 12.0 Å². The zero-order chi connectivity index (χ0) is 17.5. The van der Waals surface area contributed by atoms with Gasteiger partial charge in [-0.1, -0.05) is 37.3 Å². The number of hydrogen-bond acceptors (Lipinski definition) is 5. The Morgan fingerprint density at radius 3 is 2.79 bits per heavy atom. The van der Waals surface area contributed by atoms with Crippen molar-refractivity contribution in [1.29, 1.82) is 0 Å². The van der Waals surface area contributed by atoms with Crippen LogP contribution in [0.3, 0.4) is 0 Å². The predicted molar refractivity (Wildman–Crippen MR) is 89.5 cm³/mol. The third-order valence-electron chi connectivity index (χ3n) is 4.23. The van der Waals surface area contributed by atoms with Gasteiger partial charge in [-0.05, 0) is 18.9 Å². The number of carbonyl (C=O) groups is 1. The molecule has 0 spiro atoms. The van der Waals surface area contributed by atoms with Gasteiger partial charge >= 0.3 is 0 Å². The fourth-order valence-electron chi connectivity index (χ4n) is 2.95. The summed E-state index contributed by atoms with van der Waals surface area (Å²) in [6.07, 6.45) is -1.37. The van der Waals surface area contributed by atoms with Crippen molar-refractivity contribution < 1.29 is 24.5 Å². The summed E-state index contributed by atoms with van der Waals surface area (Å²) in [5.41, 5.74) is 1.16. The molecule has 1 amide bonds. The second kappa shape index (κ2) is 9.13. The first-order valence-electron chi connectivity index (χ1n) is 8.36. The molecule has 1 fully saturated rings. The van der Waals surface area contributed by atoms with E-state index >= 15 is 0 Å². The quantitative estimate of drug-likeness (QED) is 0.675. The monoisotopic (exact) mass is 337 g/mol. The lowest BCUT2D eigenvalue weighted by atomic mass is 9.94. The van der Waals surface area contributed by atoms with Gasteiger partial charge in [0.2, 0.25) is 5.91 Å². The topological polar surface area (TPSA) is 88.0 Å². The zero-order valence-corrected chi connectivity index (χ0v) is 14.2. The molecule has 0 radical (unpaired) electrons. The Kier molecular flexibility index (Phi) is 7.17. The van der Waals surface area contributed by atoms with Crippen LogP contribution < -0.4 is 5.32 Å². The van der Waals surface area contributed by atoms with Crippen LogP contribution in [0.4, 0.5) is 0 Å². The number of hydrogen-bond donors (Lipinski definition) is 3. The molecule has 5 atom stereocenters. The van der Waals surface area contributed by atoms with Crippen molar-refractivity contribution in [2.45, 2.75) is 44.6 Å². The Hall–Kier alpha value is -1.47. The Bertz CT molecular complexity index is 509. The van der Waals surface area contributed by atoms with Gasteiger partial charge in [-0.3, -0.25) is 4.79 Å². The number of ether oxygens (including phenoxy) is 2. The van der Waals surface area contributed by atoms with E-state index in [1.807, 2.05) is 44.2 Å². The summed E-state index contributed by atoms with van der Waals surface area (Å²) in [7, 11) is 0. The molecule has 1 heterocycles. The molecule has 2 unspecified atom stereocenters. The summed E-state index contributed by atoms with van der Waals surface area (Å²) < 4.78 is 10.9. The summed E-state index contributed by atoms with van der Waals surface area (Å²) in [6, 6.07) is 9.94. The standard InChI is InChI=1S/C18H27NO5/c1-12-10-23-15(9-20)17(22)18(12)24-11-16(21)19-13(2)8-14-6-4-3-5-7-14/h3-7,12-13,15,17-18,20,22H,8-11H2,1-2H3,(H,19,21)/t12-,13+,15?,17-,18?/m1/s1. The Morgan fingerprint density at radius 2 is 2.12 bits per heavy atom. The second-order valence-corrected chi connectivity index (χ2v) is 6.46. The van der Waals surface area contributed by atoms with Crippen LogP contribution in [0.25, 0.3) is 0 Å². The fraction of sp³-hybridized carbons (Fsp3) is 0.611. The van der Waals surface area contributed by atoms with Crippen LogP contribution in [0.15, 0.2) is 30.3 Å². The van der Waals surface area contributed by atoms with Gasteiger partial charge in [0.25, 0.3) is 0 Å². The van der Waals surface area contributed by atoms with E-state index in [4.69, 9.17) is 9.47 Å². The molecule has 1 aromatic rings. The lowest BCUT2D eigenvalue weighted by molar-refractivity contribution is -0.189. The molecular weight excluding hydrogens is 310 g/mol. The van der Waals surface area contributed by atoms with Crippen LogP contribution in [0.2, 0.25) is 0 Å². The number of nitrogens with one attached hydrogen (secondary N) is 1. The van der Waals surface area contributed by atoms with E-state index in [2.05, 4.69) is 5.32 Å². The van der Waals surface area contributed by atoms with Crippen molar-refractivity contribution >= 4 is 5.91 Å². The third kappa shape index (κ3) is 5.27. The molecule has 3 N–H and O–H groups in total. The Morgan fingerprint density at radius 1 is 1.42 bits per heavy atom. The van der Waals surface area contributed by atoms with Crippen LogP contribution in [0.1, 0.15) is 19.4 Å². The molecule has 0 bridgehead atoms. The summed E-state index contributed by atoms with van der Waals surface area (Å²) in [6.45, 7) is 3.83. The SMILES string of the molecule is C[C@@H]1COC(CO)[C@@H](O)C1OCC(=O)N[C@@H](C)Cc1ccccc1. The number of aliphatic hydroxyl groups is 2. The highest BCUT2D eigenvalue weighted by atomic mass is 16.5. The average Bonchev–Trinajstić information content (AvgIpc) is 2.55. The Labute approximate surface area is 142 Å². The predicted octanol–water partition coefficient (Wildman–Crippen LogP) is 0.507. The minimum atomic E-state index is -0.937. The highest BCUT2D eigenvalue weighted by Crippen LogP contribution is 2.22. The van der Waals surface area contributed by atoms with Crippen LogP contribution in [-0.2, 0) is 20.7 Å². The summed E-state index contributed by atoms with van der Waals surface area (Å²) in [5.74, 6) is -0.262. The van der Waals surface area contributed by atoms with Crippen molar-refractivity contribution in [2.75, 3.05) is 19.8 Å². The minimum Gasteiger partial charge on any atom is -0.394 e. The largest absolute Gasteiger partial charge is 0.394 e. The summed E-state index contributed by atoms with van der Waals surface area (Å²) in [4.78, 5) is 12.1. The molecule has 0 saturated carbocycles. The van der Waals surface area contributed by atoms with Crippen molar-refractivity contribution in [3.05, 3.63) is 35.9 Å². The molecule has 1 aliphatic heterocycles. The molecule has 1 aliphatic rings. The molecule has 6 nitrogen and oxygen atoms in total. The highest BCUT2D eigenvalue weighted by Gasteiger charge is 2.38. The fourth-order valence-corrected chi connectivity index (χ4v) is 2.95. The first-order valence-corrected chi connectivity index (χ1v) is 8.36. The molecule has 134 valence electrons. The minimum absolute atomic E-state index is 0.00859. The van der Waals surface area contributed by atoms with Crippen molar-refractivity contribution in [3.63, 3.8) is 0 Å². The van der Waals surface area contributed by atoms with E-state index < -0.39 is 18.3 Å². The van der Waals surface area contributed by atoms with Crippen molar-refractivity contribution in [2.24, 2.45) is 5.92 Å². The summed E-state index contributed by atoms with van der Waals surface area (Å²) >= 11 is 0. The van der Waals surface area contributed by atoms with Gasteiger partial charge in [-0.15, -0.1) is 0 Å². The van der Waals surface area contributed by atoms with E-state index in [1.165, 1.54) is 0 Å². The van der Waals surface area contributed by atoms with Gasteiger partial charge in [0.05, 0.1) is 19.3 Å². The first-order chi connectivity index (χ1) is 11.5. The van der Waals surface area contributed by atoms with E-state index in [9.17, 15) is 15.0 Å². The van der Waals surface area contributed by atoms with Gasteiger partial charge in [0.1, 0.15) is 18.8 Å². The van der Waals surface area contributed by atoms with E-state index in [-0.39, 0.29) is 31.1 Å². The molecule has 6 heteroatoms. The van der Waals surface area contributed by atoms with Crippen LogP contribution in [0, 0.1) is 5.92 Å². The highest BCUT2D eigenvalue weighted by molar-refractivity contribution is 5.77. The van der Waals surface area contributed by atoms with Gasteiger partial charge in [0, 0.05) is 12.0 Å². The molecule has 2 rings (SSSR count). The van der Waals surface area contributed by atoms with Crippen molar-refractivity contribution in [3.8, 4) is 0 Å². The number of amides is 1. The van der Waals surface area contributed by atoms with Crippen LogP contribution in [0.5, 0.6) is 0 Å². The molecular formula is C18H27NO5. The number of aliphatic hydroxyl groups excluding tert-OH is 2. The first kappa shape index (κ1) is 18.9. The molecule has 0 aromatic heterocycles. The number of rotatable bonds is 7. The maximum atomic E-state index is 12.1. The molecule has 0 aliphatic carbocycles. The average molecular weight is 337 g/mol. The lowest BCUT2D eigenvalue weighted by Crippen LogP contribution is -2.52. The van der Waals surface area contributed by atoms with Gasteiger partial charge < -0.3 is 25.0 Å². The zero-order valence-electron chi connectivity index (χ0n) is 14.2. The van der Waals surface area contributed by atoms with Gasteiger partial charge in [-0.25, -0.2) is 0 Å². The maximum absolute atomic E-state index is 12.1. The molecule has 1 aromatic carbocycles. The summed E-state index contributed by atoms with van der Waals surface area (Å²) in [5, 5.41) is 22.2. The maximum Gasteiger partial charge on any atom is 0.246 e. The van der Waals surface area contributed by atoms with E-state index in [1.54, 1.807) is 0 Å². The molecule has 1 saturated heterocycles. The Balaban J connectivity index is 1.77. The third-order valence-corrected chi connectivity index (χ3v) is 4.23. The van der Waals surface area contributed by atoms with Crippen LogP contribution in [-0.4, -0.2) is 60.3 Å². The van der Waals surface area contributed by atoms with Gasteiger partial charge in [0.15, 0.2) is 0 Å². The van der Waals surface area contributed by atoms with Crippen molar-refractivity contribution in [1.82, 2.24) is 5.32 Å². The number of carbonyl (C=O) groups excluding carboxylic acids is 1. The number of benzene rings is 1. The smallest absolute Gasteiger partial charge is 0.246 e. The lowest BCUT2D eigenvalue weighted by Gasteiger charge is -2.38.